The molecule has 10 nitrogen and oxygen atoms in total. The Morgan fingerprint density at radius 3 is 2.29 bits per heavy atom. The number of nitrogens with one attached hydrogen (secondary N) is 2. The van der Waals surface area contributed by atoms with E-state index in [-0.39, 0.29) is 31.8 Å². The van der Waals surface area contributed by atoms with E-state index in [1.165, 1.54) is 11.3 Å². The predicted octanol–water partition coefficient (Wildman–Crippen LogP) is 5.48. The first-order valence-electron chi connectivity index (χ1n) is 14.4. The molecule has 1 aromatic heterocycles. The first-order chi connectivity index (χ1) is 21.5. The normalized spacial score (nSPS) is 12.3. The molecule has 0 unspecified atom stereocenters. The van der Waals surface area contributed by atoms with Gasteiger partial charge in [-0.15, -0.1) is 11.3 Å². The highest BCUT2D eigenvalue weighted by atomic mass is 32.1. The number of hydrogen-bond acceptors (Lipinski definition) is 7. The zero-order valence-electron chi connectivity index (χ0n) is 25.4. The first-order valence-corrected chi connectivity index (χ1v) is 15.2. The van der Waals surface area contributed by atoms with Crippen molar-refractivity contribution in [1.82, 2.24) is 10.6 Å². The zero-order chi connectivity index (χ0) is 32.4. The molecule has 0 aliphatic heterocycles. The lowest BCUT2D eigenvalue weighted by molar-refractivity contribution is -0.155. The standard InChI is InChI=1S/C34H36N4O6S/c1-34(2,3)44-29(39)18-17-26(37-32(41)28-19-25-11-7-8-12-27(25)45-28)31(40)36-20-22-13-15-24(16-14-22)30(35)38-33(42)43-21-23-9-5-4-6-10-23/h4-16,19,26H,17-18,20-21H2,1-3H3,(H,36,40)(H,37,41)(H2,35,38,42)/t26-/m0/s1. The Hall–Kier alpha value is -5.03. The van der Waals surface area contributed by atoms with Gasteiger partial charge in [-0.25, -0.2) is 4.79 Å². The fraction of sp³-hybridized carbons (Fsp3) is 0.265. The zero-order valence-corrected chi connectivity index (χ0v) is 26.2. The smallest absolute Gasteiger partial charge is 0.435 e. The minimum atomic E-state index is -0.973. The lowest BCUT2D eigenvalue weighted by Gasteiger charge is -2.21. The summed E-state index contributed by atoms with van der Waals surface area (Å²) in [6.45, 7) is 5.53. The van der Waals surface area contributed by atoms with Crippen LogP contribution >= 0.6 is 11.3 Å². The Balaban J connectivity index is 1.36. The molecular weight excluding hydrogens is 592 g/mol. The van der Waals surface area contributed by atoms with E-state index < -0.39 is 35.5 Å². The van der Waals surface area contributed by atoms with Crippen LogP contribution in [0.25, 0.3) is 10.1 Å². The van der Waals surface area contributed by atoms with Gasteiger partial charge < -0.3 is 25.8 Å². The van der Waals surface area contributed by atoms with Crippen LogP contribution in [-0.2, 0) is 32.2 Å². The number of aliphatic imine (C=N–C) groups is 1. The van der Waals surface area contributed by atoms with Crippen LogP contribution in [0.1, 0.15) is 60.0 Å². The molecule has 0 bridgehead atoms. The largest absolute Gasteiger partial charge is 0.460 e. The second kappa shape index (κ2) is 15.1. The van der Waals surface area contributed by atoms with Crippen molar-refractivity contribution in [2.45, 2.75) is 58.4 Å². The fourth-order valence-corrected chi connectivity index (χ4v) is 5.23. The van der Waals surface area contributed by atoms with Gasteiger partial charge in [-0.1, -0.05) is 72.8 Å². The van der Waals surface area contributed by atoms with Gasteiger partial charge in [0.25, 0.3) is 5.91 Å². The van der Waals surface area contributed by atoms with Crippen LogP contribution in [0, 0.1) is 0 Å². The Kier molecular flexibility index (Phi) is 11.0. The number of carbonyl (C=O) groups excluding carboxylic acids is 4. The van der Waals surface area contributed by atoms with Gasteiger partial charge in [0.1, 0.15) is 24.1 Å². The molecule has 0 aliphatic carbocycles. The molecule has 1 heterocycles. The molecule has 0 aliphatic rings. The highest BCUT2D eigenvalue weighted by Gasteiger charge is 2.25. The third kappa shape index (κ3) is 10.3. The number of benzene rings is 3. The molecule has 0 saturated heterocycles. The van der Waals surface area contributed by atoms with E-state index in [4.69, 9.17) is 15.2 Å². The third-order valence-corrected chi connectivity index (χ3v) is 7.58. The summed E-state index contributed by atoms with van der Waals surface area (Å²) < 4.78 is 11.5. The number of hydrogen-bond donors (Lipinski definition) is 3. The number of rotatable bonds is 11. The number of nitrogens with zero attached hydrogens (tertiary/aromatic N) is 1. The lowest BCUT2D eigenvalue weighted by atomic mass is 10.1. The summed E-state index contributed by atoms with van der Waals surface area (Å²) in [4.78, 5) is 55.1. The van der Waals surface area contributed by atoms with Crippen molar-refractivity contribution in [2.75, 3.05) is 0 Å². The van der Waals surface area contributed by atoms with Gasteiger partial charge in [-0.3, -0.25) is 14.4 Å². The van der Waals surface area contributed by atoms with E-state index in [9.17, 15) is 19.2 Å². The van der Waals surface area contributed by atoms with Crippen LogP contribution in [0.3, 0.4) is 0 Å². The van der Waals surface area contributed by atoms with Gasteiger partial charge in [-0.2, -0.15) is 4.99 Å². The summed E-state index contributed by atoms with van der Waals surface area (Å²) >= 11 is 1.33. The summed E-state index contributed by atoms with van der Waals surface area (Å²) in [7, 11) is 0. The quantitative estimate of drug-likeness (QED) is 0.113. The second-order valence-corrected chi connectivity index (χ2v) is 12.3. The Labute approximate surface area is 265 Å². The molecule has 4 rings (SSSR count). The van der Waals surface area contributed by atoms with Crippen molar-refractivity contribution in [3.05, 3.63) is 106 Å². The number of thiophene rings is 1. The van der Waals surface area contributed by atoms with Gasteiger partial charge in [0.15, 0.2) is 0 Å². The summed E-state index contributed by atoms with van der Waals surface area (Å²) in [6, 6.07) is 24.5. The molecule has 4 aromatic rings. The first kappa shape index (κ1) is 32.9. The number of esters is 1. The molecule has 0 fully saturated rings. The highest BCUT2D eigenvalue weighted by molar-refractivity contribution is 7.20. The summed E-state index contributed by atoms with van der Waals surface area (Å²) in [6.07, 6.45) is -0.796. The molecule has 234 valence electrons. The predicted molar refractivity (Wildman–Crippen MR) is 174 cm³/mol. The summed E-state index contributed by atoms with van der Waals surface area (Å²) in [5, 5.41) is 6.55. The Morgan fingerprint density at radius 1 is 0.911 bits per heavy atom. The molecule has 0 spiro atoms. The van der Waals surface area contributed by atoms with Crippen LogP contribution in [-0.4, -0.2) is 41.4 Å². The van der Waals surface area contributed by atoms with Crippen LogP contribution in [0.15, 0.2) is 89.9 Å². The van der Waals surface area contributed by atoms with Crippen molar-refractivity contribution in [2.24, 2.45) is 10.7 Å². The van der Waals surface area contributed by atoms with Crippen molar-refractivity contribution >= 4 is 51.1 Å². The molecule has 0 radical (unpaired) electrons. The van der Waals surface area contributed by atoms with Gasteiger partial charge in [0.2, 0.25) is 5.91 Å². The number of ether oxygens (including phenoxy) is 2. The fourth-order valence-electron chi connectivity index (χ4n) is 4.27. The van der Waals surface area contributed by atoms with E-state index in [2.05, 4.69) is 15.6 Å². The molecule has 3 amide bonds. The molecule has 45 heavy (non-hydrogen) atoms. The van der Waals surface area contributed by atoms with Crippen LogP contribution in [0.2, 0.25) is 0 Å². The summed E-state index contributed by atoms with van der Waals surface area (Å²) in [5.74, 6) is -1.31. The average molecular weight is 629 g/mol. The molecule has 11 heteroatoms. The van der Waals surface area contributed by atoms with Crippen LogP contribution in [0.4, 0.5) is 4.79 Å². The summed E-state index contributed by atoms with van der Waals surface area (Å²) in [5.41, 5.74) is 7.41. The number of nitrogens with two attached hydrogens (primary N) is 1. The van der Waals surface area contributed by atoms with Gasteiger partial charge >= 0.3 is 12.1 Å². The molecule has 1 atom stereocenters. The van der Waals surface area contributed by atoms with Crippen molar-refractivity contribution in [3.8, 4) is 0 Å². The third-order valence-electron chi connectivity index (χ3n) is 6.46. The minimum Gasteiger partial charge on any atom is -0.460 e. The minimum absolute atomic E-state index is 0.00481. The Bertz CT molecular complexity index is 1640. The number of fused-ring (bicyclic) bond motifs is 1. The highest BCUT2D eigenvalue weighted by Crippen LogP contribution is 2.25. The SMILES string of the molecule is CC(C)(C)OC(=O)CC[C@H](NC(=O)c1cc2ccccc2s1)C(=O)NCc1ccc(C(N)=NC(=O)OCc2ccccc2)cc1. The van der Waals surface area contributed by atoms with E-state index in [0.717, 1.165) is 21.2 Å². The van der Waals surface area contributed by atoms with Crippen molar-refractivity contribution in [1.29, 1.82) is 0 Å². The maximum Gasteiger partial charge on any atom is 0.435 e. The number of amides is 3. The monoisotopic (exact) mass is 628 g/mol. The van der Waals surface area contributed by atoms with E-state index >= 15 is 0 Å². The maximum atomic E-state index is 13.2. The lowest BCUT2D eigenvalue weighted by Crippen LogP contribution is -2.46. The van der Waals surface area contributed by atoms with Gasteiger partial charge in [-0.05, 0) is 55.8 Å². The molecular formula is C34H36N4O6S. The van der Waals surface area contributed by atoms with Crippen molar-refractivity contribution < 1.29 is 28.7 Å². The van der Waals surface area contributed by atoms with Gasteiger partial charge in [0.05, 0.1) is 4.88 Å². The number of carbonyl (C=O) groups is 4. The Morgan fingerprint density at radius 2 is 1.60 bits per heavy atom. The van der Waals surface area contributed by atoms with Crippen LogP contribution < -0.4 is 16.4 Å². The number of amidine groups is 1. The van der Waals surface area contributed by atoms with E-state index in [1.807, 2.05) is 54.6 Å². The molecule has 3 aromatic carbocycles. The second-order valence-electron chi connectivity index (χ2n) is 11.3. The molecule has 4 N–H and O–H groups in total. The maximum absolute atomic E-state index is 13.2. The van der Waals surface area contributed by atoms with Crippen molar-refractivity contribution in [3.63, 3.8) is 0 Å². The average Bonchev–Trinajstić information content (AvgIpc) is 3.45. The van der Waals surface area contributed by atoms with E-state index in [1.54, 1.807) is 51.1 Å². The van der Waals surface area contributed by atoms with Crippen LogP contribution in [0.5, 0.6) is 0 Å². The van der Waals surface area contributed by atoms with E-state index in [0.29, 0.717) is 10.4 Å². The van der Waals surface area contributed by atoms with Gasteiger partial charge in [0, 0.05) is 23.2 Å². The molecule has 0 saturated carbocycles. The topological polar surface area (TPSA) is 149 Å².